The van der Waals surface area contributed by atoms with E-state index in [-0.39, 0.29) is 24.6 Å². The van der Waals surface area contributed by atoms with Gasteiger partial charge in [0, 0.05) is 32.4 Å². The molecule has 0 aromatic heterocycles. The van der Waals surface area contributed by atoms with Crippen molar-refractivity contribution in [3.63, 3.8) is 0 Å². The average Bonchev–Trinajstić information content (AvgIpc) is 2.28. The lowest BCUT2D eigenvalue weighted by Crippen LogP contribution is -2.34. The first kappa shape index (κ1) is 13.4. The van der Waals surface area contributed by atoms with Crippen molar-refractivity contribution in [1.29, 1.82) is 0 Å². The fourth-order valence-corrected chi connectivity index (χ4v) is 1.49. The number of anilines is 1. The van der Waals surface area contributed by atoms with E-state index in [4.69, 9.17) is 5.11 Å². The van der Waals surface area contributed by atoms with E-state index < -0.39 is 5.82 Å². The van der Waals surface area contributed by atoms with Gasteiger partial charge in [-0.15, -0.1) is 0 Å². The molecular weight excluding hydrogens is 223 g/mol. The molecule has 1 aromatic rings. The fourth-order valence-electron chi connectivity index (χ4n) is 1.49. The monoisotopic (exact) mass is 240 g/mol. The third-order valence-corrected chi connectivity index (χ3v) is 2.53. The molecule has 0 unspecified atom stereocenters. The first-order valence-electron chi connectivity index (χ1n) is 5.27. The lowest BCUT2D eigenvalue weighted by atomic mass is 10.1. The standard InChI is InChI=1S/C12H17FN2O2/c1-14(2)12(17)7-15(3)11-6-4-5-10(13)9(11)8-16/h4-6,16H,7-8H2,1-3H3. The van der Waals surface area contributed by atoms with E-state index in [1.807, 2.05) is 0 Å². The number of aliphatic hydroxyl groups excluding tert-OH is 1. The predicted molar refractivity (Wildman–Crippen MR) is 64.3 cm³/mol. The minimum atomic E-state index is -0.464. The zero-order valence-electron chi connectivity index (χ0n) is 10.3. The smallest absolute Gasteiger partial charge is 0.241 e. The van der Waals surface area contributed by atoms with Crippen LogP contribution in [0.25, 0.3) is 0 Å². The molecular formula is C12H17FN2O2. The van der Waals surface area contributed by atoms with Crippen molar-refractivity contribution < 1.29 is 14.3 Å². The van der Waals surface area contributed by atoms with Crippen molar-refractivity contribution in [3.8, 4) is 0 Å². The molecule has 0 radical (unpaired) electrons. The average molecular weight is 240 g/mol. The number of aliphatic hydroxyl groups is 1. The van der Waals surface area contributed by atoms with Crippen LogP contribution in [0.1, 0.15) is 5.56 Å². The van der Waals surface area contributed by atoms with Gasteiger partial charge in [-0.2, -0.15) is 0 Å². The highest BCUT2D eigenvalue weighted by Crippen LogP contribution is 2.22. The summed E-state index contributed by atoms with van der Waals surface area (Å²) in [6.45, 7) is -0.244. The van der Waals surface area contributed by atoms with Gasteiger partial charge in [-0.1, -0.05) is 6.07 Å². The minimum absolute atomic E-state index is 0.0827. The van der Waals surface area contributed by atoms with Gasteiger partial charge in [-0.25, -0.2) is 4.39 Å². The molecule has 94 valence electrons. The Kier molecular flexibility index (Phi) is 4.45. The van der Waals surface area contributed by atoms with E-state index in [1.54, 1.807) is 38.2 Å². The van der Waals surface area contributed by atoms with Crippen LogP contribution in [0.2, 0.25) is 0 Å². The molecule has 5 heteroatoms. The number of carbonyl (C=O) groups is 1. The molecule has 1 N–H and O–H groups in total. The van der Waals surface area contributed by atoms with Crippen LogP contribution in [0.4, 0.5) is 10.1 Å². The highest BCUT2D eigenvalue weighted by atomic mass is 19.1. The summed E-state index contributed by atoms with van der Waals surface area (Å²) in [5, 5.41) is 9.13. The van der Waals surface area contributed by atoms with Crippen LogP contribution < -0.4 is 4.90 Å². The summed E-state index contributed by atoms with van der Waals surface area (Å²) in [5.41, 5.74) is 0.740. The van der Waals surface area contributed by atoms with Crippen LogP contribution in [0.3, 0.4) is 0 Å². The maximum Gasteiger partial charge on any atom is 0.241 e. The minimum Gasteiger partial charge on any atom is -0.391 e. The Balaban J connectivity index is 2.92. The number of hydrogen-bond donors (Lipinski definition) is 1. The molecule has 0 saturated carbocycles. The van der Waals surface area contributed by atoms with E-state index in [0.29, 0.717) is 5.69 Å². The maximum atomic E-state index is 13.4. The van der Waals surface area contributed by atoms with Gasteiger partial charge in [0.05, 0.1) is 13.2 Å². The summed E-state index contributed by atoms with van der Waals surface area (Å²) >= 11 is 0. The molecule has 0 saturated heterocycles. The Bertz CT molecular complexity index is 407. The second-order valence-electron chi connectivity index (χ2n) is 4.04. The number of benzene rings is 1. The third kappa shape index (κ3) is 3.17. The van der Waals surface area contributed by atoms with Gasteiger partial charge < -0.3 is 14.9 Å². The number of halogens is 1. The maximum absolute atomic E-state index is 13.4. The summed E-state index contributed by atoms with van der Waals surface area (Å²) in [7, 11) is 5.01. The normalized spacial score (nSPS) is 10.2. The quantitative estimate of drug-likeness (QED) is 0.848. The highest BCUT2D eigenvalue weighted by Gasteiger charge is 2.14. The van der Waals surface area contributed by atoms with Crippen LogP contribution in [0.15, 0.2) is 18.2 Å². The molecule has 0 atom stereocenters. The Hall–Kier alpha value is -1.62. The summed E-state index contributed by atoms with van der Waals surface area (Å²) in [6, 6.07) is 4.52. The van der Waals surface area contributed by atoms with Crippen molar-refractivity contribution in [2.45, 2.75) is 6.61 Å². The zero-order chi connectivity index (χ0) is 13.0. The molecule has 0 bridgehead atoms. The Morgan fingerprint density at radius 3 is 2.53 bits per heavy atom. The summed E-state index contributed by atoms with van der Waals surface area (Å²) in [4.78, 5) is 14.6. The number of rotatable bonds is 4. The molecule has 0 aliphatic rings. The lowest BCUT2D eigenvalue weighted by molar-refractivity contribution is -0.127. The molecule has 0 aliphatic heterocycles. The van der Waals surface area contributed by atoms with Gasteiger partial charge in [0.2, 0.25) is 5.91 Å². The van der Waals surface area contributed by atoms with Gasteiger partial charge in [0.25, 0.3) is 0 Å². The van der Waals surface area contributed by atoms with Gasteiger partial charge in [-0.3, -0.25) is 4.79 Å². The Morgan fingerprint density at radius 1 is 1.35 bits per heavy atom. The number of carbonyl (C=O) groups excluding carboxylic acids is 1. The van der Waals surface area contributed by atoms with Crippen molar-refractivity contribution >= 4 is 11.6 Å². The molecule has 0 heterocycles. The van der Waals surface area contributed by atoms with Crippen LogP contribution in [0, 0.1) is 5.82 Å². The van der Waals surface area contributed by atoms with Gasteiger partial charge in [-0.05, 0) is 12.1 Å². The molecule has 4 nitrogen and oxygen atoms in total. The number of likely N-dealkylation sites (N-methyl/N-ethyl adjacent to an activating group) is 2. The molecule has 1 rings (SSSR count). The van der Waals surface area contributed by atoms with Crippen LogP contribution >= 0.6 is 0 Å². The SMILES string of the molecule is CN(C)C(=O)CN(C)c1cccc(F)c1CO. The summed E-state index contributed by atoms with van der Waals surface area (Å²) < 4.78 is 13.4. The highest BCUT2D eigenvalue weighted by molar-refractivity contribution is 5.81. The largest absolute Gasteiger partial charge is 0.391 e. The van der Waals surface area contributed by atoms with E-state index in [0.717, 1.165) is 0 Å². The van der Waals surface area contributed by atoms with Crippen molar-refractivity contribution in [1.82, 2.24) is 4.90 Å². The summed E-state index contributed by atoms with van der Waals surface area (Å²) in [5.74, 6) is -0.546. The fraction of sp³-hybridized carbons (Fsp3) is 0.417. The van der Waals surface area contributed by atoms with E-state index in [2.05, 4.69) is 0 Å². The van der Waals surface area contributed by atoms with Crippen LogP contribution in [-0.2, 0) is 11.4 Å². The first-order valence-corrected chi connectivity index (χ1v) is 5.27. The van der Waals surface area contributed by atoms with Crippen molar-refractivity contribution in [2.24, 2.45) is 0 Å². The Morgan fingerprint density at radius 2 is 2.00 bits per heavy atom. The molecule has 0 spiro atoms. The molecule has 17 heavy (non-hydrogen) atoms. The second-order valence-corrected chi connectivity index (χ2v) is 4.04. The van der Waals surface area contributed by atoms with E-state index in [9.17, 15) is 9.18 Å². The Labute approximate surface area is 100 Å². The molecule has 0 fully saturated rings. The van der Waals surface area contributed by atoms with Crippen LogP contribution in [-0.4, -0.2) is 43.6 Å². The number of hydrogen-bond acceptors (Lipinski definition) is 3. The lowest BCUT2D eigenvalue weighted by Gasteiger charge is -2.23. The second kappa shape index (κ2) is 5.63. The molecule has 1 amide bonds. The van der Waals surface area contributed by atoms with Crippen LogP contribution in [0.5, 0.6) is 0 Å². The molecule has 1 aromatic carbocycles. The van der Waals surface area contributed by atoms with E-state index >= 15 is 0 Å². The number of amides is 1. The van der Waals surface area contributed by atoms with Gasteiger partial charge in [0.1, 0.15) is 5.82 Å². The third-order valence-electron chi connectivity index (χ3n) is 2.53. The van der Waals surface area contributed by atoms with E-state index in [1.165, 1.54) is 11.0 Å². The van der Waals surface area contributed by atoms with Crippen molar-refractivity contribution in [3.05, 3.63) is 29.6 Å². The summed E-state index contributed by atoms with van der Waals surface area (Å²) in [6.07, 6.45) is 0. The zero-order valence-corrected chi connectivity index (χ0v) is 10.3. The van der Waals surface area contributed by atoms with Gasteiger partial charge in [0.15, 0.2) is 0 Å². The predicted octanol–water partition coefficient (Wildman–Crippen LogP) is 0.842. The number of nitrogens with zero attached hydrogens (tertiary/aromatic N) is 2. The molecule has 0 aliphatic carbocycles. The van der Waals surface area contributed by atoms with Gasteiger partial charge >= 0.3 is 0 Å². The topological polar surface area (TPSA) is 43.8 Å². The first-order chi connectivity index (χ1) is 7.97. The van der Waals surface area contributed by atoms with Crippen molar-refractivity contribution in [2.75, 3.05) is 32.6 Å².